The average Bonchev–Trinajstić information content (AvgIpc) is 3.29. The van der Waals surface area contributed by atoms with E-state index in [1.807, 2.05) is 0 Å². The number of amides is 1. The molecular weight excluding hydrogens is 467 g/mol. The SMILES string of the molecule is O=C(COC(=O)c1ccccc1NS(=O)(=O)c1ccc(F)cc1)NCc1ccc2c(c1)OCO2. The predicted octanol–water partition coefficient (Wildman–Crippen LogP) is 2.83. The van der Waals surface area contributed by atoms with Crippen molar-refractivity contribution >= 4 is 27.6 Å². The third kappa shape index (κ3) is 5.44. The van der Waals surface area contributed by atoms with Crippen LogP contribution in [0.2, 0.25) is 0 Å². The van der Waals surface area contributed by atoms with Gasteiger partial charge in [-0.3, -0.25) is 9.52 Å². The molecule has 1 amide bonds. The van der Waals surface area contributed by atoms with Crippen molar-refractivity contribution in [2.75, 3.05) is 18.1 Å². The van der Waals surface area contributed by atoms with E-state index >= 15 is 0 Å². The first-order chi connectivity index (χ1) is 16.3. The van der Waals surface area contributed by atoms with Crippen LogP contribution in [-0.2, 0) is 26.1 Å². The number of sulfonamides is 1. The Labute approximate surface area is 194 Å². The topological polar surface area (TPSA) is 120 Å². The molecule has 176 valence electrons. The summed E-state index contributed by atoms with van der Waals surface area (Å²) in [6.07, 6.45) is 0. The average molecular weight is 486 g/mol. The van der Waals surface area contributed by atoms with Crippen LogP contribution in [0.3, 0.4) is 0 Å². The summed E-state index contributed by atoms with van der Waals surface area (Å²) >= 11 is 0. The molecule has 9 nitrogen and oxygen atoms in total. The summed E-state index contributed by atoms with van der Waals surface area (Å²) in [5.41, 5.74) is 0.638. The highest BCUT2D eigenvalue weighted by atomic mass is 32.2. The Morgan fingerprint density at radius 2 is 1.71 bits per heavy atom. The summed E-state index contributed by atoms with van der Waals surface area (Å²) < 4.78 is 56.1. The Hall–Kier alpha value is -4.12. The molecule has 4 rings (SSSR count). The summed E-state index contributed by atoms with van der Waals surface area (Å²) in [6, 6.07) is 15.2. The Balaban J connectivity index is 1.35. The molecule has 34 heavy (non-hydrogen) atoms. The summed E-state index contributed by atoms with van der Waals surface area (Å²) in [5, 5.41) is 2.62. The number of nitrogens with one attached hydrogen (secondary N) is 2. The van der Waals surface area contributed by atoms with E-state index in [-0.39, 0.29) is 29.5 Å². The lowest BCUT2D eigenvalue weighted by Crippen LogP contribution is -2.28. The molecule has 0 saturated carbocycles. The minimum absolute atomic E-state index is 0.0439. The van der Waals surface area contributed by atoms with Crippen molar-refractivity contribution in [1.29, 1.82) is 0 Å². The molecule has 2 N–H and O–H groups in total. The van der Waals surface area contributed by atoms with E-state index in [4.69, 9.17) is 14.2 Å². The van der Waals surface area contributed by atoms with Gasteiger partial charge in [0.05, 0.1) is 16.1 Å². The van der Waals surface area contributed by atoms with Crippen molar-refractivity contribution in [3.05, 3.63) is 83.7 Å². The molecule has 1 heterocycles. The van der Waals surface area contributed by atoms with E-state index in [0.29, 0.717) is 11.5 Å². The first-order valence-electron chi connectivity index (χ1n) is 10.0. The van der Waals surface area contributed by atoms with Gasteiger partial charge in [0.15, 0.2) is 18.1 Å². The number of para-hydroxylation sites is 1. The minimum atomic E-state index is -4.08. The largest absolute Gasteiger partial charge is 0.454 e. The highest BCUT2D eigenvalue weighted by Gasteiger charge is 2.20. The molecule has 0 fully saturated rings. The molecule has 0 atom stereocenters. The van der Waals surface area contributed by atoms with Gasteiger partial charge in [-0.2, -0.15) is 0 Å². The number of carbonyl (C=O) groups is 2. The van der Waals surface area contributed by atoms with E-state index in [1.54, 1.807) is 18.2 Å². The van der Waals surface area contributed by atoms with Gasteiger partial charge in [-0.25, -0.2) is 17.6 Å². The third-order valence-electron chi connectivity index (χ3n) is 4.78. The van der Waals surface area contributed by atoms with Gasteiger partial charge in [-0.15, -0.1) is 0 Å². The first-order valence-corrected chi connectivity index (χ1v) is 11.5. The maximum Gasteiger partial charge on any atom is 0.340 e. The van der Waals surface area contributed by atoms with Crippen molar-refractivity contribution in [3.63, 3.8) is 0 Å². The molecule has 0 unspecified atom stereocenters. The molecule has 11 heteroatoms. The van der Waals surface area contributed by atoms with Gasteiger partial charge in [-0.05, 0) is 54.1 Å². The Bertz CT molecular complexity index is 1330. The van der Waals surface area contributed by atoms with Crippen molar-refractivity contribution < 1.29 is 36.6 Å². The minimum Gasteiger partial charge on any atom is -0.454 e. The fraction of sp³-hybridized carbons (Fsp3) is 0.130. The highest BCUT2D eigenvalue weighted by molar-refractivity contribution is 7.92. The van der Waals surface area contributed by atoms with E-state index in [9.17, 15) is 22.4 Å². The van der Waals surface area contributed by atoms with Crippen LogP contribution in [0.15, 0.2) is 71.6 Å². The number of anilines is 1. The number of halogens is 1. The van der Waals surface area contributed by atoms with Gasteiger partial charge in [0.2, 0.25) is 6.79 Å². The molecule has 3 aromatic carbocycles. The van der Waals surface area contributed by atoms with E-state index in [1.165, 1.54) is 24.3 Å². The predicted molar refractivity (Wildman–Crippen MR) is 118 cm³/mol. The third-order valence-corrected chi connectivity index (χ3v) is 6.16. The molecule has 0 radical (unpaired) electrons. The van der Waals surface area contributed by atoms with Crippen molar-refractivity contribution in [3.8, 4) is 11.5 Å². The molecule has 0 spiro atoms. The molecule has 1 aliphatic rings. The number of hydrogen-bond acceptors (Lipinski definition) is 7. The molecule has 3 aromatic rings. The van der Waals surface area contributed by atoms with Crippen molar-refractivity contribution in [2.45, 2.75) is 11.4 Å². The monoisotopic (exact) mass is 486 g/mol. The Morgan fingerprint density at radius 3 is 2.50 bits per heavy atom. The summed E-state index contributed by atoms with van der Waals surface area (Å²) in [5.74, 6) is -0.818. The second-order valence-electron chi connectivity index (χ2n) is 7.15. The fourth-order valence-corrected chi connectivity index (χ4v) is 4.16. The number of ether oxygens (including phenoxy) is 3. The van der Waals surface area contributed by atoms with Gasteiger partial charge >= 0.3 is 5.97 Å². The van der Waals surface area contributed by atoms with Crippen LogP contribution in [-0.4, -0.2) is 33.7 Å². The van der Waals surface area contributed by atoms with Crippen LogP contribution >= 0.6 is 0 Å². The van der Waals surface area contributed by atoms with E-state index < -0.39 is 34.3 Å². The highest BCUT2D eigenvalue weighted by Crippen LogP contribution is 2.32. The number of fused-ring (bicyclic) bond motifs is 1. The molecule has 0 aromatic heterocycles. The molecule has 0 aliphatic carbocycles. The van der Waals surface area contributed by atoms with Gasteiger partial charge < -0.3 is 19.5 Å². The summed E-state index contributed by atoms with van der Waals surface area (Å²) in [4.78, 5) is 24.5. The maximum absolute atomic E-state index is 13.1. The lowest BCUT2D eigenvalue weighted by molar-refractivity contribution is -0.124. The summed E-state index contributed by atoms with van der Waals surface area (Å²) in [6.45, 7) is -0.244. The van der Waals surface area contributed by atoms with Gasteiger partial charge in [0, 0.05) is 6.54 Å². The number of esters is 1. The van der Waals surface area contributed by atoms with Crippen LogP contribution in [0, 0.1) is 5.82 Å². The van der Waals surface area contributed by atoms with E-state index in [2.05, 4.69) is 10.0 Å². The normalized spacial score (nSPS) is 12.1. The number of carbonyl (C=O) groups excluding carboxylic acids is 2. The van der Waals surface area contributed by atoms with Gasteiger partial charge in [-0.1, -0.05) is 18.2 Å². The lowest BCUT2D eigenvalue weighted by atomic mass is 10.2. The van der Waals surface area contributed by atoms with Gasteiger partial charge in [0.1, 0.15) is 5.82 Å². The maximum atomic E-state index is 13.1. The van der Waals surface area contributed by atoms with Crippen molar-refractivity contribution in [1.82, 2.24) is 5.32 Å². The smallest absolute Gasteiger partial charge is 0.340 e. The zero-order valence-corrected chi connectivity index (χ0v) is 18.4. The van der Waals surface area contributed by atoms with Crippen LogP contribution < -0.4 is 19.5 Å². The van der Waals surface area contributed by atoms with Gasteiger partial charge in [0.25, 0.3) is 15.9 Å². The quantitative estimate of drug-likeness (QED) is 0.470. The second kappa shape index (κ2) is 9.79. The molecule has 1 aliphatic heterocycles. The van der Waals surface area contributed by atoms with Crippen LogP contribution in [0.25, 0.3) is 0 Å². The van der Waals surface area contributed by atoms with Crippen molar-refractivity contribution in [2.24, 2.45) is 0 Å². The first kappa shape index (κ1) is 23.1. The molecule has 0 saturated heterocycles. The second-order valence-corrected chi connectivity index (χ2v) is 8.83. The number of rotatable bonds is 8. The van der Waals surface area contributed by atoms with Crippen LogP contribution in [0.5, 0.6) is 11.5 Å². The number of hydrogen-bond donors (Lipinski definition) is 2. The standard InChI is InChI=1S/C23H19FN2O7S/c24-16-6-8-17(9-7-16)34(29,30)26-19-4-2-1-3-18(19)23(28)31-13-22(27)25-12-15-5-10-20-21(11-15)33-14-32-20/h1-11,26H,12-14H2,(H,25,27). The Morgan fingerprint density at radius 1 is 0.971 bits per heavy atom. The van der Waals surface area contributed by atoms with Crippen LogP contribution in [0.1, 0.15) is 15.9 Å². The van der Waals surface area contributed by atoms with Crippen LogP contribution in [0.4, 0.5) is 10.1 Å². The zero-order valence-electron chi connectivity index (χ0n) is 17.6. The number of benzene rings is 3. The Kier molecular flexibility index (Phi) is 6.64. The lowest BCUT2D eigenvalue weighted by Gasteiger charge is -2.12. The molecule has 0 bridgehead atoms. The fourth-order valence-electron chi connectivity index (χ4n) is 3.08. The summed E-state index contributed by atoms with van der Waals surface area (Å²) in [7, 11) is -4.08. The molecular formula is C23H19FN2O7S. The van der Waals surface area contributed by atoms with E-state index in [0.717, 1.165) is 29.8 Å². The zero-order chi connectivity index (χ0) is 24.1.